The third-order valence-electron chi connectivity index (χ3n) is 4.89. The summed E-state index contributed by atoms with van der Waals surface area (Å²) in [5.74, 6) is -1.23. The van der Waals surface area contributed by atoms with Crippen molar-refractivity contribution in [2.75, 3.05) is 32.1 Å². The molecule has 0 aliphatic carbocycles. The first-order valence-electron chi connectivity index (χ1n) is 9.63. The van der Waals surface area contributed by atoms with E-state index in [1.54, 1.807) is 25.1 Å². The normalized spacial score (nSPS) is 14.3. The van der Waals surface area contributed by atoms with Crippen LogP contribution in [0.2, 0.25) is 5.02 Å². The van der Waals surface area contributed by atoms with E-state index in [1.807, 2.05) is 0 Å². The molecular formula is C21H23ClN2O6S. The van der Waals surface area contributed by atoms with Crippen LogP contribution in [-0.4, -0.2) is 51.4 Å². The molecule has 8 nitrogen and oxygen atoms in total. The van der Waals surface area contributed by atoms with E-state index in [1.165, 1.54) is 29.6 Å². The number of methoxy groups -OCH3 is 1. The van der Waals surface area contributed by atoms with Crippen molar-refractivity contribution in [3.05, 3.63) is 52.5 Å². The molecule has 0 spiro atoms. The van der Waals surface area contributed by atoms with E-state index in [9.17, 15) is 18.0 Å². The lowest BCUT2D eigenvalue weighted by atomic mass is 10.2. The first kappa shape index (κ1) is 23.1. The Hall–Kier alpha value is -2.62. The van der Waals surface area contributed by atoms with E-state index in [2.05, 4.69) is 5.32 Å². The highest BCUT2D eigenvalue weighted by molar-refractivity contribution is 7.89. The van der Waals surface area contributed by atoms with Crippen LogP contribution in [0.15, 0.2) is 41.3 Å². The summed E-state index contributed by atoms with van der Waals surface area (Å²) in [7, 11) is -2.45. The largest absolute Gasteiger partial charge is 0.495 e. The van der Waals surface area contributed by atoms with Gasteiger partial charge in [0.2, 0.25) is 10.0 Å². The summed E-state index contributed by atoms with van der Waals surface area (Å²) >= 11 is 5.93. The highest BCUT2D eigenvalue weighted by atomic mass is 35.5. The number of hydrogen-bond donors (Lipinski definition) is 1. The van der Waals surface area contributed by atoms with Gasteiger partial charge in [0.05, 0.1) is 12.7 Å². The van der Waals surface area contributed by atoms with Crippen molar-refractivity contribution >= 4 is 39.2 Å². The van der Waals surface area contributed by atoms with Gasteiger partial charge in [-0.3, -0.25) is 4.79 Å². The van der Waals surface area contributed by atoms with Crippen LogP contribution in [0.5, 0.6) is 5.75 Å². The SMILES string of the molecule is COc1ccc(C(=O)OCC(=O)Nc2cc(Cl)ccc2C)cc1S(=O)(=O)N1CCCC1. The van der Waals surface area contributed by atoms with Gasteiger partial charge in [-0.2, -0.15) is 4.31 Å². The van der Waals surface area contributed by atoms with Crippen LogP contribution in [0.3, 0.4) is 0 Å². The van der Waals surface area contributed by atoms with Crippen molar-refractivity contribution < 1.29 is 27.5 Å². The maximum absolute atomic E-state index is 12.9. The van der Waals surface area contributed by atoms with Gasteiger partial charge >= 0.3 is 5.97 Å². The molecule has 1 fully saturated rings. The van der Waals surface area contributed by atoms with Gasteiger partial charge in [0, 0.05) is 23.8 Å². The minimum Gasteiger partial charge on any atom is -0.495 e. The Balaban J connectivity index is 1.71. The molecule has 1 saturated heterocycles. The fourth-order valence-corrected chi connectivity index (χ4v) is 5.07. The standard InChI is InChI=1S/C21H23ClN2O6S/c1-14-5-7-16(22)12-17(14)23-20(25)13-30-21(26)15-6-8-18(29-2)19(11-15)31(27,28)24-9-3-4-10-24/h5-8,11-12H,3-4,9-10,13H2,1-2H3,(H,23,25). The van der Waals surface area contributed by atoms with Crippen LogP contribution in [0.4, 0.5) is 5.69 Å². The number of nitrogens with zero attached hydrogens (tertiary/aromatic N) is 1. The van der Waals surface area contributed by atoms with Crippen LogP contribution in [0.1, 0.15) is 28.8 Å². The van der Waals surface area contributed by atoms with E-state index >= 15 is 0 Å². The van der Waals surface area contributed by atoms with Crippen molar-refractivity contribution in [3.63, 3.8) is 0 Å². The van der Waals surface area contributed by atoms with Gasteiger partial charge in [-0.15, -0.1) is 0 Å². The number of sulfonamides is 1. The number of benzene rings is 2. The number of carbonyl (C=O) groups is 2. The highest BCUT2D eigenvalue weighted by Crippen LogP contribution is 2.30. The molecule has 1 heterocycles. The molecule has 1 aliphatic heterocycles. The molecule has 3 rings (SSSR count). The molecule has 1 aliphatic rings. The maximum Gasteiger partial charge on any atom is 0.338 e. The predicted molar refractivity (Wildman–Crippen MR) is 116 cm³/mol. The molecule has 0 saturated carbocycles. The zero-order valence-corrected chi connectivity index (χ0v) is 18.8. The Morgan fingerprint density at radius 2 is 1.84 bits per heavy atom. The monoisotopic (exact) mass is 466 g/mol. The minimum atomic E-state index is -3.81. The number of esters is 1. The quantitative estimate of drug-likeness (QED) is 0.628. The molecule has 2 aromatic rings. The summed E-state index contributed by atoms with van der Waals surface area (Å²) < 4.78 is 37.5. The van der Waals surface area contributed by atoms with Gasteiger partial charge in [0.25, 0.3) is 5.91 Å². The Bertz CT molecular complexity index is 1100. The van der Waals surface area contributed by atoms with Gasteiger partial charge in [-0.05, 0) is 55.7 Å². The summed E-state index contributed by atoms with van der Waals surface area (Å²) in [5.41, 5.74) is 1.32. The van der Waals surface area contributed by atoms with Crippen LogP contribution in [0.25, 0.3) is 0 Å². The van der Waals surface area contributed by atoms with Gasteiger partial charge in [-0.1, -0.05) is 17.7 Å². The second kappa shape index (κ2) is 9.67. The second-order valence-electron chi connectivity index (χ2n) is 7.06. The van der Waals surface area contributed by atoms with Crippen molar-refractivity contribution in [1.82, 2.24) is 4.31 Å². The van der Waals surface area contributed by atoms with E-state index in [0.29, 0.717) is 23.8 Å². The first-order valence-corrected chi connectivity index (χ1v) is 11.5. The van der Waals surface area contributed by atoms with Crippen LogP contribution >= 0.6 is 11.6 Å². The smallest absolute Gasteiger partial charge is 0.338 e. The van der Waals surface area contributed by atoms with E-state index < -0.39 is 28.5 Å². The van der Waals surface area contributed by atoms with Gasteiger partial charge in [-0.25, -0.2) is 13.2 Å². The van der Waals surface area contributed by atoms with Crippen LogP contribution in [0, 0.1) is 6.92 Å². The molecule has 0 aromatic heterocycles. The molecule has 1 amide bonds. The minimum absolute atomic E-state index is 0.00491. The number of amides is 1. The molecule has 1 N–H and O–H groups in total. The molecule has 2 aromatic carbocycles. The third kappa shape index (κ3) is 5.36. The van der Waals surface area contributed by atoms with Crippen molar-refractivity contribution in [2.45, 2.75) is 24.7 Å². The molecule has 0 bridgehead atoms. The maximum atomic E-state index is 12.9. The summed E-state index contributed by atoms with van der Waals surface area (Å²) in [5, 5.41) is 3.09. The third-order valence-corrected chi connectivity index (χ3v) is 7.05. The predicted octanol–water partition coefficient (Wildman–Crippen LogP) is 3.24. The fourth-order valence-electron chi connectivity index (χ4n) is 3.20. The van der Waals surface area contributed by atoms with E-state index in [4.69, 9.17) is 21.1 Å². The molecule has 0 atom stereocenters. The number of ether oxygens (including phenoxy) is 2. The summed E-state index contributed by atoms with van der Waals surface area (Å²) in [6.45, 7) is 2.11. The number of nitrogens with one attached hydrogen (secondary N) is 1. The topological polar surface area (TPSA) is 102 Å². The molecule has 10 heteroatoms. The first-order chi connectivity index (χ1) is 14.7. The number of aryl methyl sites for hydroxylation is 1. The Labute approximate surface area is 186 Å². The summed E-state index contributed by atoms with van der Waals surface area (Å²) in [6, 6.07) is 9.05. The van der Waals surface area contributed by atoms with Crippen LogP contribution < -0.4 is 10.1 Å². The second-order valence-corrected chi connectivity index (χ2v) is 9.40. The molecule has 0 radical (unpaired) electrons. The molecule has 31 heavy (non-hydrogen) atoms. The van der Waals surface area contributed by atoms with Crippen molar-refractivity contribution in [3.8, 4) is 5.75 Å². The number of rotatable bonds is 7. The van der Waals surface area contributed by atoms with Gasteiger partial charge < -0.3 is 14.8 Å². The lowest BCUT2D eigenvalue weighted by Gasteiger charge is -2.18. The van der Waals surface area contributed by atoms with Crippen molar-refractivity contribution in [2.24, 2.45) is 0 Å². The zero-order chi connectivity index (χ0) is 22.6. The lowest BCUT2D eigenvalue weighted by molar-refractivity contribution is -0.119. The average molecular weight is 467 g/mol. The molecule has 0 unspecified atom stereocenters. The van der Waals surface area contributed by atoms with E-state index in [0.717, 1.165) is 18.4 Å². The zero-order valence-electron chi connectivity index (χ0n) is 17.2. The van der Waals surface area contributed by atoms with Gasteiger partial charge in [0.1, 0.15) is 10.6 Å². The van der Waals surface area contributed by atoms with Crippen molar-refractivity contribution in [1.29, 1.82) is 0 Å². The molecule has 166 valence electrons. The number of anilines is 1. The van der Waals surface area contributed by atoms with Crippen LogP contribution in [-0.2, 0) is 19.6 Å². The highest BCUT2D eigenvalue weighted by Gasteiger charge is 2.31. The Kier molecular flexibility index (Phi) is 7.19. The Morgan fingerprint density at radius 1 is 1.13 bits per heavy atom. The number of carbonyl (C=O) groups excluding carboxylic acids is 2. The summed E-state index contributed by atoms with van der Waals surface area (Å²) in [6.07, 6.45) is 1.56. The number of hydrogen-bond acceptors (Lipinski definition) is 6. The molecular weight excluding hydrogens is 444 g/mol. The lowest BCUT2D eigenvalue weighted by Crippen LogP contribution is -2.28. The van der Waals surface area contributed by atoms with Gasteiger partial charge in [0.15, 0.2) is 6.61 Å². The average Bonchev–Trinajstić information content (AvgIpc) is 3.30. The summed E-state index contributed by atoms with van der Waals surface area (Å²) in [4.78, 5) is 24.5. The Morgan fingerprint density at radius 3 is 2.52 bits per heavy atom. The number of halogens is 1. The van der Waals surface area contributed by atoms with E-state index in [-0.39, 0.29) is 16.2 Å². The fraction of sp³-hybridized carbons (Fsp3) is 0.333.